The Balaban J connectivity index is 1.05. The monoisotopic (exact) mass is 1130 g/mol. The van der Waals surface area contributed by atoms with Crippen LogP contribution in [0.5, 0.6) is 0 Å². The van der Waals surface area contributed by atoms with E-state index in [0.29, 0.717) is 77.6 Å². The fourth-order valence-corrected chi connectivity index (χ4v) is 11.7. The van der Waals surface area contributed by atoms with Gasteiger partial charge in [-0.25, -0.2) is 0 Å². The van der Waals surface area contributed by atoms with Gasteiger partial charge in [0.15, 0.2) is 0 Å². The highest BCUT2D eigenvalue weighted by atomic mass is 19.4. The second kappa shape index (κ2) is 21.5. The Morgan fingerprint density at radius 1 is 0.200 bits per heavy atom. The van der Waals surface area contributed by atoms with Crippen LogP contribution in [0.4, 0.5) is 39.5 Å². The third-order valence-electron chi connectivity index (χ3n) is 15.7. The zero-order valence-corrected chi connectivity index (χ0v) is 44.9. The number of aromatic nitrogens is 1. The Kier molecular flexibility index (Phi) is 13.7. The first kappa shape index (κ1) is 54.1. The molecule has 0 fully saturated rings. The van der Waals surface area contributed by atoms with E-state index in [1.54, 1.807) is 66.7 Å². The van der Waals surface area contributed by atoms with E-state index in [4.69, 9.17) is 0 Å². The first-order chi connectivity index (χ1) is 41.0. The molecule has 13 aromatic rings. The van der Waals surface area contributed by atoms with Crippen LogP contribution < -0.4 is 0 Å². The maximum absolute atomic E-state index is 14.9. The summed E-state index contributed by atoms with van der Waals surface area (Å²) in [6.45, 7) is 0. The van der Waals surface area contributed by atoms with Crippen molar-refractivity contribution >= 4 is 21.8 Å². The molecule has 12 aromatic carbocycles. The number of fused-ring (bicyclic) bond motifs is 3. The number of hydrogen-bond donors (Lipinski definition) is 0. The van der Waals surface area contributed by atoms with Gasteiger partial charge in [0.25, 0.3) is 0 Å². The van der Waals surface area contributed by atoms with E-state index in [9.17, 15) is 39.5 Å². The van der Waals surface area contributed by atoms with Crippen LogP contribution in [0.15, 0.2) is 279 Å². The van der Waals surface area contributed by atoms with Crippen molar-refractivity contribution in [3.05, 3.63) is 296 Å². The molecule has 0 spiro atoms. The lowest BCUT2D eigenvalue weighted by molar-refractivity contribution is -0.137. The average Bonchev–Trinajstić information content (AvgIpc) is 2.12. The predicted molar refractivity (Wildman–Crippen MR) is 325 cm³/mol. The van der Waals surface area contributed by atoms with Crippen molar-refractivity contribution in [1.82, 2.24) is 4.57 Å². The molecule has 0 unspecified atom stereocenters. The van der Waals surface area contributed by atoms with Crippen LogP contribution in [-0.2, 0) is 18.5 Å². The van der Waals surface area contributed by atoms with Gasteiger partial charge in [0.1, 0.15) is 0 Å². The third-order valence-corrected chi connectivity index (χ3v) is 15.7. The molecule has 85 heavy (non-hydrogen) atoms. The molecule has 0 radical (unpaired) electrons. The molecule has 0 aliphatic rings. The molecule has 1 aromatic heterocycles. The minimum Gasteiger partial charge on any atom is -0.309 e. The lowest BCUT2D eigenvalue weighted by atomic mass is 9.90. The maximum atomic E-state index is 14.9. The number of nitrogens with zero attached hydrogens (tertiary/aromatic N) is 1. The van der Waals surface area contributed by atoms with Crippen LogP contribution in [0.1, 0.15) is 16.7 Å². The fourth-order valence-electron chi connectivity index (χ4n) is 11.7. The topological polar surface area (TPSA) is 4.93 Å². The van der Waals surface area contributed by atoms with Crippen molar-refractivity contribution in [2.24, 2.45) is 0 Å². The Hall–Kier alpha value is -10.2. The lowest BCUT2D eigenvalue weighted by Crippen LogP contribution is -2.08. The molecule has 0 saturated carbocycles. The van der Waals surface area contributed by atoms with Crippen LogP contribution in [-0.4, -0.2) is 4.57 Å². The highest BCUT2D eigenvalue weighted by Crippen LogP contribution is 2.47. The predicted octanol–water partition coefficient (Wildman–Crippen LogP) is 22.8. The van der Waals surface area contributed by atoms with Gasteiger partial charge in [-0.15, -0.1) is 0 Å². The van der Waals surface area contributed by atoms with Gasteiger partial charge in [0.05, 0.1) is 33.4 Å². The molecule has 0 amide bonds. The lowest BCUT2D eigenvalue weighted by Gasteiger charge is -2.18. The van der Waals surface area contributed by atoms with Crippen molar-refractivity contribution in [1.29, 1.82) is 0 Å². The van der Waals surface area contributed by atoms with Crippen molar-refractivity contribution in [2.75, 3.05) is 0 Å². The van der Waals surface area contributed by atoms with Gasteiger partial charge >= 0.3 is 18.5 Å². The fraction of sp³-hybridized carbons (Fsp3) is 0.0400. The summed E-state index contributed by atoms with van der Waals surface area (Å²) in [4.78, 5) is 0. The van der Waals surface area contributed by atoms with E-state index in [1.807, 2.05) is 162 Å². The van der Waals surface area contributed by atoms with E-state index in [1.165, 1.54) is 36.4 Å². The van der Waals surface area contributed by atoms with Crippen molar-refractivity contribution < 1.29 is 39.5 Å². The van der Waals surface area contributed by atoms with Crippen molar-refractivity contribution in [3.63, 3.8) is 0 Å². The third kappa shape index (κ3) is 10.6. The quantitative estimate of drug-likeness (QED) is 0.120. The number of para-hydroxylation sites is 1. The second-order valence-electron chi connectivity index (χ2n) is 20.9. The van der Waals surface area contributed by atoms with Crippen molar-refractivity contribution in [2.45, 2.75) is 18.5 Å². The molecular weight excluding hydrogens is 1090 g/mol. The van der Waals surface area contributed by atoms with Crippen LogP contribution in [0.25, 0.3) is 128 Å². The summed E-state index contributed by atoms with van der Waals surface area (Å²) in [5, 5.41) is 1.30. The maximum Gasteiger partial charge on any atom is 0.417 e. The van der Waals surface area contributed by atoms with E-state index in [2.05, 4.69) is 0 Å². The smallest absolute Gasteiger partial charge is 0.309 e. The second-order valence-corrected chi connectivity index (χ2v) is 20.9. The minimum atomic E-state index is -4.69. The van der Waals surface area contributed by atoms with E-state index in [0.717, 1.165) is 51.6 Å². The van der Waals surface area contributed by atoms with Gasteiger partial charge in [-0.3, -0.25) is 0 Å². The van der Waals surface area contributed by atoms with Gasteiger partial charge in [-0.2, -0.15) is 39.5 Å². The Labute approximate surface area is 483 Å². The summed E-state index contributed by atoms with van der Waals surface area (Å²) < 4.78 is 136. The standard InChI is InChI=1S/C75H46F9N/c76-73(77,78)67-23-11-7-19-61(67)59-41-55(51-31-27-49(28-32-51)47-15-3-1-4-16-47)39-57(43-59)53-35-37-71-65(45-53)66-46-54(36-38-72(66)85(71)70-26-14-10-22-64(70)63-21-9-13-25-69(63)75(82,83)84)58-40-56(52-33-29-50(30-34-52)48-17-5-2-6-18-48)42-60(44-58)62-20-8-12-24-68(62)74(79,80)81/h1-46H. The summed E-state index contributed by atoms with van der Waals surface area (Å²) >= 11 is 0. The molecule has 0 aliphatic carbocycles. The van der Waals surface area contributed by atoms with E-state index in [-0.39, 0.29) is 16.7 Å². The van der Waals surface area contributed by atoms with Crippen LogP contribution in [0, 0.1) is 0 Å². The minimum absolute atomic E-state index is 0.0105. The molecule has 0 atom stereocenters. The van der Waals surface area contributed by atoms with Crippen LogP contribution in [0.3, 0.4) is 0 Å². The van der Waals surface area contributed by atoms with E-state index >= 15 is 0 Å². The van der Waals surface area contributed by atoms with Crippen molar-refractivity contribution in [3.8, 4) is 106 Å². The molecule has 414 valence electrons. The zero-order valence-electron chi connectivity index (χ0n) is 44.9. The van der Waals surface area contributed by atoms with Gasteiger partial charge in [0, 0.05) is 16.3 Å². The highest BCUT2D eigenvalue weighted by Gasteiger charge is 2.36. The molecule has 1 heterocycles. The Morgan fingerprint density at radius 2 is 0.471 bits per heavy atom. The number of benzene rings is 12. The SMILES string of the molecule is FC(F)(F)c1ccccc1-c1cc(-c2ccc(-c3ccccc3)cc2)cc(-c2ccc3c(c2)c2cc(-c4cc(-c5ccc(-c6ccccc6)cc5)cc(-c5ccccc5C(F)(F)F)c4)ccc2n3-c2ccccc2-c2ccccc2C(F)(F)F)c1. The summed E-state index contributed by atoms with van der Waals surface area (Å²) in [6.07, 6.45) is -14.0. The summed E-state index contributed by atoms with van der Waals surface area (Å²) in [5.74, 6) is 0. The highest BCUT2D eigenvalue weighted by molar-refractivity contribution is 6.12. The zero-order chi connectivity index (χ0) is 58.6. The van der Waals surface area contributed by atoms with Crippen LogP contribution >= 0.6 is 0 Å². The first-order valence-corrected chi connectivity index (χ1v) is 27.3. The molecule has 0 aliphatic heterocycles. The van der Waals surface area contributed by atoms with Gasteiger partial charge in [-0.1, -0.05) is 194 Å². The summed E-state index contributed by atoms with van der Waals surface area (Å²) in [6, 6.07) is 80.6. The molecule has 13 rings (SSSR count). The largest absolute Gasteiger partial charge is 0.417 e. The number of rotatable bonds is 10. The number of alkyl halides is 9. The molecular formula is C75H46F9N. The molecule has 10 heteroatoms. The van der Waals surface area contributed by atoms with Gasteiger partial charge in [-0.05, 0) is 180 Å². The normalized spacial score (nSPS) is 12.1. The molecule has 1 nitrogen and oxygen atoms in total. The number of hydrogen-bond acceptors (Lipinski definition) is 0. The number of halogens is 9. The van der Waals surface area contributed by atoms with Crippen LogP contribution in [0.2, 0.25) is 0 Å². The average molecular weight is 1130 g/mol. The Morgan fingerprint density at radius 3 is 0.859 bits per heavy atom. The Bertz CT molecular complexity index is 4390. The van der Waals surface area contributed by atoms with E-state index < -0.39 is 35.2 Å². The molecule has 0 bridgehead atoms. The van der Waals surface area contributed by atoms with Gasteiger partial charge < -0.3 is 4.57 Å². The summed E-state index contributed by atoms with van der Waals surface area (Å²) in [5.41, 5.74) is 9.34. The van der Waals surface area contributed by atoms with Gasteiger partial charge in [0.2, 0.25) is 0 Å². The molecule has 0 N–H and O–H groups in total. The summed E-state index contributed by atoms with van der Waals surface area (Å²) in [7, 11) is 0. The molecule has 0 saturated heterocycles. The first-order valence-electron chi connectivity index (χ1n) is 27.3.